The first kappa shape index (κ1) is 9.96. The largest absolute Gasteiger partial charge is 0.457 e. The van der Waals surface area contributed by atoms with Crippen molar-refractivity contribution < 1.29 is 4.42 Å². The van der Waals surface area contributed by atoms with Gasteiger partial charge in [-0.15, -0.1) is 11.3 Å². The van der Waals surface area contributed by atoms with E-state index >= 15 is 0 Å². The molecule has 2 N–H and O–H groups in total. The Morgan fingerprint density at radius 3 is 2.86 bits per heavy atom. The molecule has 0 spiro atoms. The van der Waals surface area contributed by atoms with Gasteiger partial charge in [0.2, 0.25) is 0 Å². The van der Waals surface area contributed by atoms with Crippen molar-refractivity contribution >= 4 is 27.3 Å². The summed E-state index contributed by atoms with van der Waals surface area (Å²) in [4.78, 5) is 1.19. The lowest BCUT2D eigenvalue weighted by molar-refractivity contribution is 0.537. The average molecular weight is 272 g/mol. The Morgan fingerprint density at radius 2 is 2.36 bits per heavy atom. The highest BCUT2D eigenvalue weighted by atomic mass is 79.9. The molecule has 0 aliphatic heterocycles. The van der Waals surface area contributed by atoms with Gasteiger partial charge < -0.3 is 10.2 Å². The molecule has 0 amide bonds. The highest BCUT2D eigenvalue weighted by Gasteiger charge is 2.14. The van der Waals surface area contributed by atoms with E-state index in [1.165, 1.54) is 10.4 Å². The molecule has 0 saturated carbocycles. The third-order valence-electron chi connectivity index (χ3n) is 2.13. The van der Waals surface area contributed by atoms with E-state index in [9.17, 15) is 0 Å². The molecule has 0 aliphatic rings. The Balaban J connectivity index is 2.33. The molecule has 14 heavy (non-hydrogen) atoms. The Labute approximate surface area is 94.9 Å². The van der Waals surface area contributed by atoms with Gasteiger partial charge in [0.1, 0.15) is 0 Å². The molecule has 2 rings (SSSR count). The summed E-state index contributed by atoms with van der Waals surface area (Å²) in [6, 6.07) is 3.91. The van der Waals surface area contributed by atoms with E-state index in [0.717, 1.165) is 10.2 Å². The van der Waals surface area contributed by atoms with Gasteiger partial charge in [-0.2, -0.15) is 0 Å². The molecule has 0 saturated heterocycles. The summed E-state index contributed by atoms with van der Waals surface area (Å²) in [5, 5.41) is 2.06. The van der Waals surface area contributed by atoms with E-state index in [0.29, 0.717) is 0 Å². The molecule has 2 aromatic heterocycles. The van der Waals surface area contributed by atoms with Crippen LogP contribution in [0, 0.1) is 6.92 Å². The fourth-order valence-corrected chi connectivity index (χ4v) is 2.65. The van der Waals surface area contributed by atoms with Crippen LogP contribution in [0.15, 0.2) is 32.9 Å². The number of furan rings is 1. The molecule has 1 atom stereocenters. The molecule has 2 nitrogen and oxygen atoms in total. The fraction of sp³-hybridized carbons (Fsp3) is 0.200. The normalized spacial score (nSPS) is 13.1. The van der Waals surface area contributed by atoms with Gasteiger partial charge in [0.25, 0.3) is 0 Å². The van der Waals surface area contributed by atoms with Crippen molar-refractivity contribution in [2.75, 3.05) is 0 Å². The Kier molecular flexibility index (Phi) is 2.76. The van der Waals surface area contributed by atoms with Crippen LogP contribution in [0.5, 0.6) is 0 Å². The van der Waals surface area contributed by atoms with E-state index in [1.54, 1.807) is 17.6 Å². The first-order valence-corrected chi connectivity index (χ1v) is 5.89. The van der Waals surface area contributed by atoms with Crippen LogP contribution in [0.2, 0.25) is 0 Å². The molecular weight excluding hydrogens is 262 g/mol. The molecule has 0 bridgehead atoms. The highest BCUT2D eigenvalue weighted by molar-refractivity contribution is 9.10. The first-order valence-electron chi connectivity index (χ1n) is 4.22. The summed E-state index contributed by atoms with van der Waals surface area (Å²) in [6.07, 6.45) is 1.69. The van der Waals surface area contributed by atoms with Crippen molar-refractivity contribution in [3.8, 4) is 0 Å². The summed E-state index contributed by atoms with van der Waals surface area (Å²) in [7, 11) is 0. The topological polar surface area (TPSA) is 39.2 Å². The van der Waals surface area contributed by atoms with Gasteiger partial charge >= 0.3 is 0 Å². The number of hydrogen-bond acceptors (Lipinski definition) is 3. The summed E-state index contributed by atoms with van der Waals surface area (Å²) in [5.74, 6) is 0. The maximum absolute atomic E-state index is 6.10. The minimum atomic E-state index is -0.0787. The van der Waals surface area contributed by atoms with Crippen molar-refractivity contribution in [1.29, 1.82) is 0 Å². The third-order valence-corrected chi connectivity index (χ3v) is 3.65. The number of nitrogens with two attached hydrogens (primary N) is 1. The first-order chi connectivity index (χ1) is 6.68. The molecule has 0 radical (unpaired) electrons. The quantitative estimate of drug-likeness (QED) is 0.909. The summed E-state index contributed by atoms with van der Waals surface area (Å²) >= 11 is 4.94. The predicted octanol–water partition coefficient (Wildman–Crippen LogP) is 3.46. The van der Waals surface area contributed by atoms with Crippen molar-refractivity contribution in [2.45, 2.75) is 13.0 Å². The van der Waals surface area contributed by atoms with E-state index in [2.05, 4.69) is 34.3 Å². The van der Waals surface area contributed by atoms with Gasteiger partial charge in [-0.3, -0.25) is 0 Å². The number of thiophene rings is 1. The smallest absolute Gasteiger partial charge is 0.169 e. The second-order valence-corrected chi connectivity index (χ2v) is 4.86. The van der Waals surface area contributed by atoms with Crippen LogP contribution in [0.25, 0.3) is 0 Å². The van der Waals surface area contributed by atoms with Gasteiger partial charge in [0.05, 0.1) is 12.3 Å². The second kappa shape index (κ2) is 3.88. The molecule has 4 heteroatoms. The zero-order valence-corrected chi connectivity index (χ0v) is 10.1. The van der Waals surface area contributed by atoms with Crippen molar-refractivity contribution in [3.63, 3.8) is 0 Å². The van der Waals surface area contributed by atoms with E-state index < -0.39 is 0 Å². The number of rotatable bonds is 2. The summed E-state index contributed by atoms with van der Waals surface area (Å²) in [5.41, 5.74) is 8.34. The zero-order chi connectivity index (χ0) is 10.1. The Bertz CT molecular complexity index is 435. The molecular formula is C10H10BrNOS. The van der Waals surface area contributed by atoms with Crippen LogP contribution < -0.4 is 5.73 Å². The van der Waals surface area contributed by atoms with Gasteiger partial charge in [-0.05, 0) is 45.9 Å². The van der Waals surface area contributed by atoms with E-state index in [4.69, 9.17) is 10.2 Å². The minimum absolute atomic E-state index is 0.0787. The minimum Gasteiger partial charge on any atom is -0.457 e. The van der Waals surface area contributed by atoms with Gasteiger partial charge in [-0.25, -0.2) is 0 Å². The molecule has 0 aliphatic carbocycles. The van der Waals surface area contributed by atoms with Crippen molar-refractivity contribution in [2.24, 2.45) is 5.73 Å². The average Bonchev–Trinajstić information content (AvgIpc) is 2.73. The van der Waals surface area contributed by atoms with Crippen molar-refractivity contribution in [3.05, 3.63) is 44.4 Å². The van der Waals surface area contributed by atoms with Gasteiger partial charge in [-0.1, -0.05) is 0 Å². The SMILES string of the molecule is Cc1ccsc1C(N)c1coc(Br)c1. The predicted molar refractivity (Wildman–Crippen MR) is 61.5 cm³/mol. The Morgan fingerprint density at radius 1 is 1.57 bits per heavy atom. The maximum Gasteiger partial charge on any atom is 0.169 e. The van der Waals surface area contributed by atoms with Crippen LogP contribution in [-0.4, -0.2) is 0 Å². The van der Waals surface area contributed by atoms with Crippen LogP contribution >= 0.6 is 27.3 Å². The molecule has 2 heterocycles. The molecule has 0 fully saturated rings. The monoisotopic (exact) mass is 271 g/mol. The van der Waals surface area contributed by atoms with Gasteiger partial charge in [0.15, 0.2) is 4.67 Å². The van der Waals surface area contributed by atoms with Crippen molar-refractivity contribution in [1.82, 2.24) is 0 Å². The van der Waals surface area contributed by atoms with E-state index in [1.807, 2.05) is 6.07 Å². The van der Waals surface area contributed by atoms with Crippen LogP contribution in [-0.2, 0) is 0 Å². The van der Waals surface area contributed by atoms with Crippen LogP contribution in [0.3, 0.4) is 0 Å². The maximum atomic E-state index is 6.10. The van der Waals surface area contributed by atoms with Gasteiger partial charge in [0, 0.05) is 10.4 Å². The molecule has 2 aromatic rings. The number of aryl methyl sites for hydroxylation is 1. The van der Waals surface area contributed by atoms with Crippen LogP contribution in [0.4, 0.5) is 0 Å². The summed E-state index contributed by atoms with van der Waals surface area (Å²) < 4.78 is 5.88. The molecule has 0 aromatic carbocycles. The molecule has 1 unspecified atom stereocenters. The van der Waals surface area contributed by atoms with E-state index in [-0.39, 0.29) is 6.04 Å². The number of halogens is 1. The zero-order valence-electron chi connectivity index (χ0n) is 7.66. The lowest BCUT2D eigenvalue weighted by atomic mass is 10.1. The highest BCUT2D eigenvalue weighted by Crippen LogP contribution is 2.29. The second-order valence-electron chi connectivity index (χ2n) is 3.13. The summed E-state index contributed by atoms with van der Waals surface area (Å²) in [6.45, 7) is 2.07. The lowest BCUT2D eigenvalue weighted by Crippen LogP contribution is -2.10. The number of hydrogen-bond donors (Lipinski definition) is 1. The standard InChI is InChI=1S/C10H10BrNOS/c1-6-2-3-14-10(6)9(12)7-4-8(11)13-5-7/h2-5,9H,12H2,1H3. The van der Waals surface area contributed by atoms with Crippen LogP contribution in [0.1, 0.15) is 22.0 Å². The Hall–Kier alpha value is -0.580. The fourth-order valence-electron chi connectivity index (χ4n) is 1.34. The molecule has 74 valence electrons. The third kappa shape index (κ3) is 1.78. The lowest BCUT2D eigenvalue weighted by Gasteiger charge is -2.07.